The molecule has 1 aromatic carbocycles. The van der Waals surface area contributed by atoms with E-state index in [1.807, 2.05) is 6.07 Å². The first-order valence-electron chi connectivity index (χ1n) is 5.74. The summed E-state index contributed by atoms with van der Waals surface area (Å²) in [6, 6.07) is 1.94. The van der Waals surface area contributed by atoms with E-state index in [1.54, 1.807) is 0 Å². The Labute approximate surface area is 94.2 Å². The first kappa shape index (κ1) is 9.63. The van der Waals surface area contributed by atoms with Crippen LogP contribution in [0.15, 0.2) is 6.07 Å². The number of ether oxygens (including phenoxy) is 2. The van der Waals surface area contributed by atoms with Crippen molar-refractivity contribution >= 4 is 5.69 Å². The Hall–Kier alpha value is -1.58. The quantitative estimate of drug-likeness (QED) is 0.702. The van der Waals surface area contributed by atoms with Crippen LogP contribution in [0.25, 0.3) is 0 Å². The summed E-state index contributed by atoms with van der Waals surface area (Å²) in [6.07, 6.45) is 2.79. The minimum Gasteiger partial charge on any atom is -0.504 e. The molecule has 2 N–H and O–H groups in total. The first-order valence-corrected chi connectivity index (χ1v) is 5.74. The van der Waals surface area contributed by atoms with Crippen molar-refractivity contribution in [1.29, 1.82) is 0 Å². The molecule has 0 unspecified atom stereocenters. The van der Waals surface area contributed by atoms with Crippen LogP contribution in [0.1, 0.15) is 18.4 Å². The Morgan fingerprint density at radius 1 is 1.19 bits per heavy atom. The molecule has 0 bridgehead atoms. The Kier molecular flexibility index (Phi) is 2.27. The van der Waals surface area contributed by atoms with Gasteiger partial charge in [0, 0.05) is 30.3 Å². The number of phenols is 1. The summed E-state index contributed by atoms with van der Waals surface area (Å²) >= 11 is 0. The Morgan fingerprint density at radius 2 is 2.06 bits per heavy atom. The third kappa shape index (κ3) is 1.45. The van der Waals surface area contributed by atoms with Gasteiger partial charge in [-0.3, -0.25) is 0 Å². The molecule has 0 saturated carbocycles. The molecule has 2 heterocycles. The average molecular weight is 221 g/mol. The lowest BCUT2D eigenvalue weighted by molar-refractivity contribution is 0.291. The number of aromatic hydroxyl groups is 1. The fraction of sp³-hybridized carbons (Fsp3) is 0.500. The van der Waals surface area contributed by atoms with E-state index >= 15 is 0 Å². The van der Waals surface area contributed by atoms with Crippen LogP contribution >= 0.6 is 0 Å². The lowest BCUT2D eigenvalue weighted by atomic mass is 10.0. The summed E-state index contributed by atoms with van der Waals surface area (Å²) < 4.78 is 11.1. The Bertz CT molecular complexity index is 417. The molecule has 1 aromatic rings. The second kappa shape index (κ2) is 3.77. The summed E-state index contributed by atoms with van der Waals surface area (Å²) in [5.74, 6) is 1.42. The first-order chi connectivity index (χ1) is 7.86. The van der Waals surface area contributed by atoms with Gasteiger partial charge in [0.2, 0.25) is 5.75 Å². The van der Waals surface area contributed by atoms with E-state index in [2.05, 4.69) is 5.32 Å². The second-order valence-corrected chi connectivity index (χ2v) is 4.16. The smallest absolute Gasteiger partial charge is 0.203 e. The SMILES string of the molecule is Oc1c2c(cc3c1OCCCO3)NCCC2. The molecule has 0 fully saturated rings. The van der Waals surface area contributed by atoms with E-state index in [4.69, 9.17) is 9.47 Å². The van der Waals surface area contributed by atoms with Gasteiger partial charge in [0.1, 0.15) is 0 Å². The predicted molar refractivity (Wildman–Crippen MR) is 60.5 cm³/mol. The number of benzene rings is 1. The van der Waals surface area contributed by atoms with E-state index < -0.39 is 0 Å². The van der Waals surface area contributed by atoms with Gasteiger partial charge < -0.3 is 19.9 Å². The molecule has 2 aliphatic heterocycles. The van der Waals surface area contributed by atoms with Crippen molar-refractivity contribution in [3.63, 3.8) is 0 Å². The largest absolute Gasteiger partial charge is 0.504 e. The van der Waals surface area contributed by atoms with Crippen LogP contribution in [0.5, 0.6) is 17.2 Å². The molecular weight excluding hydrogens is 206 g/mol. The summed E-state index contributed by atoms with van der Waals surface area (Å²) in [6.45, 7) is 2.20. The monoisotopic (exact) mass is 221 g/mol. The zero-order valence-corrected chi connectivity index (χ0v) is 9.08. The maximum absolute atomic E-state index is 10.2. The lowest BCUT2D eigenvalue weighted by Gasteiger charge is -2.21. The second-order valence-electron chi connectivity index (χ2n) is 4.16. The minimum atomic E-state index is 0.251. The summed E-state index contributed by atoms with van der Waals surface area (Å²) in [4.78, 5) is 0. The number of phenolic OH excluding ortho intramolecular Hbond substituents is 1. The van der Waals surface area contributed by atoms with Crippen molar-refractivity contribution in [1.82, 2.24) is 0 Å². The molecule has 4 nitrogen and oxygen atoms in total. The molecule has 0 aromatic heterocycles. The standard InChI is InChI=1S/C12H15NO3/c14-11-8-3-1-4-13-9(8)7-10-12(11)16-6-2-5-15-10/h7,13-14H,1-6H2. The predicted octanol–water partition coefficient (Wildman–Crippen LogP) is 1.91. The highest BCUT2D eigenvalue weighted by molar-refractivity contribution is 5.69. The van der Waals surface area contributed by atoms with Crippen LogP contribution < -0.4 is 14.8 Å². The fourth-order valence-corrected chi connectivity index (χ4v) is 2.23. The van der Waals surface area contributed by atoms with Crippen molar-refractivity contribution in [2.75, 3.05) is 25.1 Å². The molecular formula is C12H15NO3. The summed E-state index contributed by atoms with van der Waals surface area (Å²) in [5.41, 5.74) is 1.93. The van der Waals surface area contributed by atoms with Gasteiger partial charge in [-0.2, -0.15) is 0 Å². The van der Waals surface area contributed by atoms with Crippen molar-refractivity contribution in [2.24, 2.45) is 0 Å². The van der Waals surface area contributed by atoms with Gasteiger partial charge in [-0.05, 0) is 12.8 Å². The number of hydrogen-bond donors (Lipinski definition) is 2. The van der Waals surface area contributed by atoms with Crippen molar-refractivity contribution in [3.8, 4) is 17.2 Å². The van der Waals surface area contributed by atoms with Crippen LogP contribution in [0.4, 0.5) is 5.69 Å². The lowest BCUT2D eigenvalue weighted by Crippen LogP contribution is -2.12. The molecule has 0 atom stereocenters. The van der Waals surface area contributed by atoms with E-state index in [0.29, 0.717) is 24.7 Å². The molecule has 0 spiro atoms. The molecule has 86 valence electrons. The Balaban J connectivity index is 2.12. The van der Waals surface area contributed by atoms with Crippen LogP contribution in [0.3, 0.4) is 0 Å². The number of fused-ring (bicyclic) bond motifs is 2. The maximum Gasteiger partial charge on any atom is 0.203 e. The van der Waals surface area contributed by atoms with Gasteiger partial charge in [0.15, 0.2) is 11.5 Å². The molecule has 2 aliphatic rings. The number of hydrogen-bond acceptors (Lipinski definition) is 4. The molecule has 0 saturated heterocycles. The fourth-order valence-electron chi connectivity index (χ4n) is 2.23. The van der Waals surface area contributed by atoms with Crippen molar-refractivity contribution in [3.05, 3.63) is 11.6 Å². The molecule has 0 radical (unpaired) electrons. The van der Waals surface area contributed by atoms with Gasteiger partial charge in [-0.1, -0.05) is 0 Å². The minimum absolute atomic E-state index is 0.251. The van der Waals surface area contributed by atoms with E-state index in [1.165, 1.54) is 0 Å². The molecule has 3 rings (SSSR count). The van der Waals surface area contributed by atoms with Crippen LogP contribution in [-0.4, -0.2) is 24.9 Å². The van der Waals surface area contributed by atoms with Gasteiger partial charge in [-0.25, -0.2) is 0 Å². The maximum atomic E-state index is 10.2. The van der Waals surface area contributed by atoms with Crippen molar-refractivity contribution < 1.29 is 14.6 Å². The third-order valence-corrected chi connectivity index (χ3v) is 3.04. The van der Waals surface area contributed by atoms with Crippen LogP contribution in [0.2, 0.25) is 0 Å². The zero-order chi connectivity index (χ0) is 11.0. The average Bonchev–Trinajstić information content (AvgIpc) is 2.55. The highest BCUT2D eigenvalue weighted by Crippen LogP contribution is 2.45. The van der Waals surface area contributed by atoms with Gasteiger partial charge in [0.05, 0.1) is 13.2 Å². The van der Waals surface area contributed by atoms with E-state index in [-0.39, 0.29) is 5.75 Å². The third-order valence-electron chi connectivity index (χ3n) is 3.04. The molecule has 0 aliphatic carbocycles. The molecule has 0 amide bonds. The van der Waals surface area contributed by atoms with Gasteiger partial charge in [0.25, 0.3) is 0 Å². The summed E-state index contributed by atoms with van der Waals surface area (Å²) in [7, 11) is 0. The highest BCUT2D eigenvalue weighted by atomic mass is 16.5. The number of anilines is 1. The van der Waals surface area contributed by atoms with E-state index in [0.717, 1.165) is 37.1 Å². The van der Waals surface area contributed by atoms with Crippen LogP contribution in [0, 0.1) is 0 Å². The number of rotatable bonds is 0. The van der Waals surface area contributed by atoms with Crippen LogP contribution in [-0.2, 0) is 6.42 Å². The topological polar surface area (TPSA) is 50.7 Å². The van der Waals surface area contributed by atoms with Gasteiger partial charge >= 0.3 is 0 Å². The zero-order valence-electron chi connectivity index (χ0n) is 9.08. The normalized spacial score (nSPS) is 18.2. The highest BCUT2D eigenvalue weighted by Gasteiger charge is 2.23. The van der Waals surface area contributed by atoms with Crippen molar-refractivity contribution in [2.45, 2.75) is 19.3 Å². The number of nitrogens with one attached hydrogen (secondary N) is 1. The van der Waals surface area contributed by atoms with Gasteiger partial charge in [-0.15, -0.1) is 0 Å². The summed E-state index contributed by atoms with van der Waals surface area (Å²) in [5, 5.41) is 13.4. The Morgan fingerprint density at radius 3 is 3.00 bits per heavy atom. The molecule has 16 heavy (non-hydrogen) atoms. The molecule has 4 heteroatoms. The van der Waals surface area contributed by atoms with E-state index in [9.17, 15) is 5.11 Å².